The molecular weight excluding hydrogens is 492 g/mol. The molecule has 0 bridgehead atoms. The number of benzene rings is 2. The number of para-hydroxylation sites is 1. The van der Waals surface area contributed by atoms with Crippen molar-refractivity contribution in [2.24, 2.45) is 0 Å². The van der Waals surface area contributed by atoms with Crippen LogP contribution in [0.2, 0.25) is 0 Å². The van der Waals surface area contributed by atoms with Gasteiger partial charge in [0.25, 0.3) is 11.8 Å². The van der Waals surface area contributed by atoms with E-state index in [1.807, 2.05) is 59.5 Å². The fraction of sp³-hybridized carbons (Fsp3) is 0.387. The van der Waals surface area contributed by atoms with Gasteiger partial charge in [-0.05, 0) is 67.6 Å². The van der Waals surface area contributed by atoms with Crippen molar-refractivity contribution in [3.8, 4) is 0 Å². The molecule has 0 aliphatic carbocycles. The van der Waals surface area contributed by atoms with Crippen molar-refractivity contribution in [1.82, 2.24) is 15.1 Å². The van der Waals surface area contributed by atoms with Crippen LogP contribution in [-0.4, -0.2) is 59.4 Å². The van der Waals surface area contributed by atoms with Crippen LogP contribution in [0.25, 0.3) is 0 Å². The first kappa shape index (κ1) is 26.5. The average molecular weight is 529 g/mol. The van der Waals surface area contributed by atoms with Gasteiger partial charge in [-0.15, -0.1) is 0 Å². The van der Waals surface area contributed by atoms with E-state index in [9.17, 15) is 14.4 Å². The Morgan fingerprint density at radius 3 is 2.38 bits per heavy atom. The molecule has 2 aliphatic rings. The number of rotatable bonds is 9. The number of piperidine rings is 1. The Balaban J connectivity index is 1.27. The van der Waals surface area contributed by atoms with Gasteiger partial charge in [0.05, 0.1) is 19.5 Å². The van der Waals surface area contributed by atoms with Gasteiger partial charge < -0.3 is 24.4 Å². The molecule has 8 heteroatoms. The second-order valence-electron chi connectivity index (χ2n) is 10.4. The van der Waals surface area contributed by atoms with E-state index in [1.165, 1.54) is 5.56 Å². The zero-order chi connectivity index (χ0) is 27.2. The zero-order valence-electron chi connectivity index (χ0n) is 22.5. The van der Waals surface area contributed by atoms with Crippen LogP contribution in [0.3, 0.4) is 0 Å². The molecule has 2 aliphatic heterocycles. The largest absolute Gasteiger partial charge is 0.467 e. The highest BCUT2D eigenvalue weighted by molar-refractivity contribution is 5.97. The predicted octanol–water partition coefficient (Wildman–Crippen LogP) is 4.22. The highest BCUT2D eigenvalue weighted by Crippen LogP contribution is 2.39. The van der Waals surface area contributed by atoms with E-state index in [1.54, 1.807) is 23.3 Å². The van der Waals surface area contributed by atoms with E-state index in [0.717, 1.165) is 24.9 Å². The van der Waals surface area contributed by atoms with Crippen molar-refractivity contribution < 1.29 is 18.8 Å². The minimum absolute atomic E-state index is 0.00208. The molecule has 5 rings (SSSR count). The van der Waals surface area contributed by atoms with Gasteiger partial charge in [-0.1, -0.05) is 43.7 Å². The van der Waals surface area contributed by atoms with Crippen molar-refractivity contribution in [3.63, 3.8) is 0 Å². The third kappa shape index (κ3) is 5.70. The lowest BCUT2D eigenvalue weighted by molar-refractivity contribution is -0.137. The predicted molar refractivity (Wildman–Crippen MR) is 149 cm³/mol. The third-order valence-corrected chi connectivity index (χ3v) is 7.85. The maximum absolute atomic E-state index is 13.9. The summed E-state index contributed by atoms with van der Waals surface area (Å²) in [7, 11) is 0. The van der Waals surface area contributed by atoms with E-state index in [4.69, 9.17) is 4.42 Å². The highest BCUT2D eigenvalue weighted by atomic mass is 16.3. The SMILES string of the molecule is CCCCc1ccc(C(=O)N2CCC3(CC2)C(=O)N(CC(=O)NCc2ccco2)CN3c2ccccc2)cc1. The van der Waals surface area contributed by atoms with Crippen LogP contribution in [0.1, 0.15) is 54.3 Å². The normalized spacial score (nSPS) is 16.6. The number of nitrogens with zero attached hydrogens (tertiary/aromatic N) is 3. The van der Waals surface area contributed by atoms with Gasteiger partial charge in [0.15, 0.2) is 0 Å². The van der Waals surface area contributed by atoms with Gasteiger partial charge in [0.1, 0.15) is 17.8 Å². The van der Waals surface area contributed by atoms with Crippen LogP contribution >= 0.6 is 0 Å². The van der Waals surface area contributed by atoms with Gasteiger partial charge >= 0.3 is 0 Å². The molecule has 8 nitrogen and oxygen atoms in total. The lowest BCUT2D eigenvalue weighted by Gasteiger charge is -2.43. The summed E-state index contributed by atoms with van der Waals surface area (Å²) in [6.45, 7) is 3.69. The number of amides is 3. The lowest BCUT2D eigenvalue weighted by atomic mass is 9.85. The van der Waals surface area contributed by atoms with Crippen LogP contribution in [-0.2, 0) is 22.6 Å². The van der Waals surface area contributed by atoms with Crippen molar-refractivity contribution >= 4 is 23.4 Å². The second-order valence-corrected chi connectivity index (χ2v) is 10.4. The summed E-state index contributed by atoms with van der Waals surface area (Å²) in [5.74, 6) is 0.357. The third-order valence-electron chi connectivity index (χ3n) is 7.85. The Morgan fingerprint density at radius 1 is 0.974 bits per heavy atom. The van der Waals surface area contributed by atoms with Crippen LogP contribution in [0.4, 0.5) is 5.69 Å². The first-order chi connectivity index (χ1) is 19.0. The number of carbonyl (C=O) groups is 3. The molecule has 2 saturated heterocycles. The maximum Gasteiger partial charge on any atom is 0.253 e. The molecule has 2 fully saturated rings. The summed E-state index contributed by atoms with van der Waals surface area (Å²) >= 11 is 0. The van der Waals surface area contributed by atoms with E-state index in [-0.39, 0.29) is 30.8 Å². The Morgan fingerprint density at radius 2 is 1.72 bits per heavy atom. The number of nitrogens with one attached hydrogen (secondary N) is 1. The minimum Gasteiger partial charge on any atom is -0.467 e. The van der Waals surface area contributed by atoms with E-state index in [0.29, 0.717) is 43.9 Å². The van der Waals surface area contributed by atoms with Crippen molar-refractivity contribution in [2.45, 2.75) is 51.1 Å². The topological polar surface area (TPSA) is 86.1 Å². The summed E-state index contributed by atoms with van der Waals surface area (Å²) in [5.41, 5.74) is 2.07. The maximum atomic E-state index is 13.9. The lowest BCUT2D eigenvalue weighted by Crippen LogP contribution is -2.57. The van der Waals surface area contributed by atoms with Crippen LogP contribution in [0.15, 0.2) is 77.4 Å². The molecule has 2 aromatic carbocycles. The first-order valence-electron chi connectivity index (χ1n) is 13.8. The molecule has 39 heavy (non-hydrogen) atoms. The fourth-order valence-electron chi connectivity index (χ4n) is 5.61. The molecular formula is C31H36N4O4. The Labute approximate surface area is 229 Å². The molecule has 1 aromatic heterocycles. The Kier molecular flexibility index (Phi) is 8.00. The summed E-state index contributed by atoms with van der Waals surface area (Å²) in [4.78, 5) is 45.5. The van der Waals surface area contributed by atoms with E-state index in [2.05, 4.69) is 17.1 Å². The molecule has 0 unspecified atom stereocenters. The van der Waals surface area contributed by atoms with Crippen LogP contribution in [0.5, 0.6) is 0 Å². The molecule has 1 spiro atoms. The molecule has 3 heterocycles. The van der Waals surface area contributed by atoms with Gasteiger partial charge in [0, 0.05) is 24.3 Å². The molecule has 1 N–H and O–H groups in total. The summed E-state index contributed by atoms with van der Waals surface area (Å²) in [6, 6.07) is 21.3. The number of hydrogen-bond donors (Lipinski definition) is 1. The van der Waals surface area contributed by atoms with Crippen molar-refractivity contribution in [3.05, 3.63) is 89.9 Å². The second kappa shape index (κ2) is 11.8. The number of furan rings is 1. The highest BCUT2D eigenvalue weighted by Gasteiger charge is 2.54. The number of aryl methyl sites for hydroxylation is 1. The number of likely N-dealkylation sites (tertiary alicyclic amines) is 1. The van der Waals surface area contributed by atoms with E-state index >= 15 is 0 Å². The van der Waals surface area contributed by atoms with Crippen molar-refractivity contribution in [1.29, 1.82) is 0 Å². The monoisotopic (exact) mass is 528 g/mol. The smallest absolute Gasteiger partial charge is 0.253 e. The summed E-state index contributed by atoms with van der Waals surface area (Å²) in [6.07, 6.45) is 5.87. The number of unbranched alkanes of at least 4 members (excludes halogenated alkanes) is 1. The standard InChI is InChI=1S/C31H36N4O4/c1-2-3-8-24-12-14-25(15-13-24)29(37)33-18-16-31(17-19-33)30(38)34(23-35(31)26-9-5-4-6-10-26)22-28(36)32-21-27-11-7-20-39-27/h4-7,9-15,20H,2-3,8,16-19,21-23H2,1H3,(H,32,36). The molecule has 0 radical (unpaired) electrons. The average Bonchev–Trinajstić information content (AvgIpc) is 3.59. The van der Waals surface area contributed by atoms with Crippen molar-refractivity contribution in [2.75, 3.05) is 31.2 Å². The Bertz CT molecular complexity index is 1270. The molecule has 3 aromatic rings. The number of hydrogen-bond acceptors (Lipinski definition) is 5. The summed E-state index contributed by atoms with van der Waals surface area (Å²) in [5, 5.41) is 2.84. The summed E-state index contributed by atoms with van der Waals surface area (Å²) < 4.78 is 5.29. The number of carbonyl (C=O) groups excluding carboxylic acids is 3. The first-order valence-corrected chi connectivity index (χ1v) is 13.8. The molecule has 204 valence electrons. The van der Waals surface area contributed by atoms with E-state index < -0.39 is 5.54 Å². The molecule has 3 amide bonds. The van der Waals surface area contributed by atoms with Gasteiger partial charge in [-0.2, -0.15) is 0 Å². The van der Waals surface area contributed by atoms with Gasteiger partial charge in [-0.25, -0.2) is 0 Å². The zero-order valence-corrected chi connectivity index (χ0v) is 22.5. The number of anilines is 1. The Hall–Kier alpha value is -4.07. The molecule has 0 saturated carbocycles. The van der Waals surface area contributed by atoms with Gasteiger partial charge in [-0.3, -0.25) is 14.4 Å². The minimum atomic E-state index is -0.788. The quantitative estimate of drug-likeness (QED) is 0.450. The van der Waals surface area contributed by atoms with Crippen LogP contribution < -0.4 is 10.2 Å². The van der Waals surface area contributed by atoms with Crippen LogP contribution in [0, 0.1) is 0 Å². The molecule has 0 atom stereocenters. The fourth-order valence-corrected chi connectivity index (χ4v) is 5.61. The van der Waals surface area contributed by atoms with Gasteiger partial charge in [0.2, 0.25) is 5.91 Å².